The van der Waals surface area contributed by atoms with Crippen molar-refractivity contribution in [1.82, 2.24) is 16.0 Å². The van der Waals surface area contributed by atoms with Crippen LogP contribution in [-0.4, -0.2) is 81.8 Å². The van der Waals surface area contributed by atoms with Crippen LogP contribution >= 0.6 is 0 Å². The summed E-state index contributed by atoms with van der Waals surface area (Å²) in [5, 5.41) is 34.0. The second-order valence-corrected chi connectivity index (χ2v) is 6.14. The van der Waals surface area contributed by atoms with Crippen LogP contribution in [-0.2, 0) is 24.0 Å². The Morgan fingerprint density at radius 1 is 0.929 bits per heavy atom. The second-order valence-electron chi connectivity index (χ2n) is 6.14. The minimum absolute atomic E-state index is 0.233. The summed E-state index contributed by atoms with van der Waals surface area (Å²) in [4.78, 5) is 57.8. The van der Waals surface area contributed by atoms with Crippen molar-refractivity contribution in [2.24, 2.45) is 11.5 Å². The molecule has 0 heterocycles. The molecule has 0 bridgehead atoms. The lowest BCUT2D eigenvalue weighted by molar-refractivity contribution is -0.142. The summed E-state index contributed by atoms with van der Waals surface area (Å²) < 4.78 is 0. The van der Waals surface area contributed by atoms with Crippen molar-refractivity contribution in [2.45, 2.75) is 57.0 Å². The summed E-state index contributed by atoms with van der Waals surface area (Å²) in [6.07, 6.45) is -1.69. The predicted octanol–water partition coefficient (Wildman–Crippen LogP) is -4.49. The van der Waals surface area contributed by atoms with Crippen LogP contribution in [0.1, 0.15) is 26.7 Å². The van der Waals surface area contributed by atoms with Crippen molar-refractivity contribution < 1.29 is 39.3 Å². The van der Waals surface area contributed by atoms with E-state index in [1.807, 2.05) is 0 Å². The van der Waals surface area contributed by atoms with Crippen molar-refractivity contribution in [3.8, 4) is 0 Å². The Bertz CT molecular complexity index is 597. The third kappa shape index (κ3) is 8.75. The molecule has 0 aromatic carbocycles. The number of aliphatic carboxylic acids is 1. The van der Waals surface area contributed by atoms with Crippen molar-refractivity contribution in [1.29, 1.82) is 0 Å². The second kappa shape index (κ2) is 11.8. The molecule has 0 rings (SSSR count). The number of rotatable bonds is 12. The number of hydrogen-bond donors (Lipinski definition) is 8. The average molecular weight is 405 g/mol. The van der Waals surface area contributed by atoms with Crippen LogP contribution in [0.15, 0.2) is 0 Å². The number of nitrogens with one attached hydrogen (secondary N) is 3. The standard InChI is InChI=1S/C15H27N5O8/c1-6(12(24)19-8(15(27)28)3-4-10(16)23)18-13(25)9(5-21)20-14(26)11(17)7(2)22/h6-9,11,21-22H,3-5,17H2,1-2H3,(H2,16,23)(H,18,25)(H,19,24)(H,20,26)(H,27,28). The number of nitrogens with two attached hydrogens (primary N) is 2. The van der Waals surface area contributed by atoms with E-state index < -0.39 is 66.5 Å². The quantitative estimate of drug-likeness (QED) is 0.156. The molecule has 0 aromatic rings. The molecule has 0 aliphatic heterocycles. The summed E-state index contributed by atoms with van der Waals surface area (Å²) >= 11 is 0. The van der Waals surface area contributed by atoms with Gasteiger partial charge < -0.3 is 42.7 Å². The number of primary amides is 1. The fourth-order valence-corrected chi connectivity index (χ4v) is 1.90. The zero-order chi connectivity index (χ0) is 22.0. The van der Waals surface area contributed by atoms with Crippen LogP contribution in [0.3, 0.4) is 0 Å². The maximum atomic E-state index is 12.1. The van der Waals surface area contributed by atoms with Gasteiger partial charge in [0.05, 0.1) is 12.7 Å². The third-order valence-corrected chi connectivity index (χ3v) is 3.68. The van der Waals surface area contributed by atoms with Crippen LogP contribution in [0.4, 0.5) is 0 Å². The maximum absolute atomic E-state index is 12.1. The van der Waals surface area contributed by atoms with Crippen molar-refractivity contribution in [2.75, 3.05) is 6.61 Å². The number of aliphatic hydroxyl groups is 2. The zero-order valence-corrected chi connectivity index (χ0v) is 15.5. The van der Waals surface area contributed by atoms with Crippen LogP contribution in [0.5, 0.6) is 0 Å². The Hall–Kier alpha value is -2.77. The molecule has 0 spiro atoms. The lowest BCUT2D eigenvalue weighted by Crippen LogP contribution is -2.58. The van der Waals surface area contributed by atoms with E-state index in [0.717, 1.165) is 0 Å². The molecule has 0 saturated heterocycles. The predicted molar refractivity (Wildman–Crippen MR) is 94.3 cm³/mol. The summed E-state index contributed by atoms with van der Waals surface area (Å²) in [5.74, 6) is -4.81. The van der Waals surface area contributed by atoms with Crippen molar-refractivity contribution in [3.63, 3.8) is 0 Å². The van der Waals surface area contributed by atoms with Crippen molar-refractivity contribution >= 4 is 29.6 Å². The van der Waals surface area contributed by atoms with Crippen LogP contribution in [0.2, 0.25) is 0 Å². The number of carbonyl (C=O) groups excluding carboxylic acids is 4. The van der Waals surface area contributed by atoms with Gasteiger partial charge in [0.15, 0.2) is 0 Å². The Kier molecular flexibility index (Phi) is 10.7. The zero-order valence-electron chi connectivity index (χ0n) is 15.5. The number of hydrogen-bond acceptors (Lipinski definition) is 8. The number of aliphatic hydroxyl groups excluding tert-OH is 2. The molecule has 0 radical (unpaired) electrons. The number of amides is 4. The molecule has 10 N–H and O–H groups in total. The van der Waals surface area contributed by atoms with Gasteiger partial charge in [-0.2, -0.15) is 0 Å². The van der Waals surface area contributed by atoms with E-state index >= 15 is 0 Å². The monoisotopic (exact) mass is 405 g/mol. The van der Waals surface area contributed by atoms with Gasteiger partial charge in [0.25, 0.3) is 0 Å². The maximum Gasteiger partial charge on any atom is 0.326 e. The summed E-state index contributed by atoms with van der Waals surface area (Å²) in [6, 6.07) is -5.39. The van der Waals surface area contributed by atoms with Gasteiger partial charge in [0, 0.05) is 6.42 Å². The van der Waals surface area contributed by atoms with Gasteiger partial charge in [0.2, 0.25) is 23.6 Å². The average Bonchev–Trinajstić information content (AvgIpc) is 2.60. The molecule has 160 valence electrons. The van der Waals surface area contributed by atoms with Gasteiger partial charge in [-0.05, 0) is 20.3 Å². The smallest absolute Gasteiger partial charge is 0.326 e. The topological polar surface area (TPSA) is 234 Å². The molecule has 0 fully saturated rings. The molecular weight excluding hydrogens is 378 g/mol. The molecule has 4 amide bonds. The molecule has 0 saturated carbocycles. The Labute approximate surface area is 160 Å². The lowest BCUT2D eigenvalue weighted by atomic mass is 10.1. The molecule has 0 aliphatic rings. The van der Waals surface area contributed by atoms with E-state index in [1.54, 1.807) is 0 Å². The highest BCUT2D eigenvalue weighted by atomic mass is 16.4. The first-order chi connectivity index (χ1) is 12.9. The highest BCUT2D eigenvalue weighted by Crippen LogP contribution is 1.99. The molecule has 0 aromatic heterocycles. The van der Waals surface area contributed by atoms with Gasteiger partial charge in [-0.25, -0.2) is 4.79 Å². The minimum Gasteiger partial charge on any atom is -0.480 e. The molecule has 13 nitrogen and oxygen atoms in total. The van der Waals surface area contributed by atoms with Gasteiger partial charge >= 0.3 is 5.97 Å². The molecular formula is C15H27N5O8. The normalized spacial score (nSPS) is 16.0. The van der Waals surface area contributed by atoms with Gasteiger partial charge in [-0.1, -0.05) is 0 Å². The highest BCUT2D eigenvalue weighted by Gasteiger charge is 2.28. The SMILES string of the molecule is CC(NC(=O)C(CO)NC(=O)C(N)C(C)O)C(=O)NC(CCC(N)=O)C(=O)O. The fourth-order valence-electron chi connectivity index (χ4n) is 1.90. The largest absolute Gasteiger partial charge is 0.480 e. The van der Waals surface area contributed by atoms with E-state index in [0.29, 0.717) is 0 Å². The van der Waals surface area contributed by atoms with E-state index in [9.17, 15) is 34.2 Å². The van der Waals surface area contributed by atoms with Crippen LogP contribution in [0, 0.1) is 0 Å². The van der Waals surface area contributed by atoms with Crippen molar-refractivity contribution in [3.05, 3.63) is 0 Å². The summed E-state index contributed by atoms with van der Waals surface area (Å²) in [6.45, 7) is 1.70. The molecule has 28 heavy (non-hydrogen) atoms. The third-order valence-electron chi connectivity index (χ3n) is 3.68. The first-order valence-corrected chi connectivity index (χ1v) is 8.37. The van der Waals surface area contributed by atoms with E-state index in [-0.39, 0.29) is 12.8 Å². The summed E-state index contributed by atoms with van der Waals surface area (Å²) in [5.41, 5.74) is 10.4. The summed E-state index contributed by atoms with van der Waals surface area (Å²) in [7, 11) is 0. The Balaban J connectivity index is 4.82. The van der Waals surface area contributed by atoms with E-state index in [1.165, 1.54) is 13.8 Å². The van der Waals surface area contributed by atoms with Gasteiger partial charge in [-0.15, -0.1) is 0 Å². The highest BCUT2D eigenvalue weighted by molar-refractivity contribution is 5.94. The van der Waals surface area contributed by atoms with E-state index in [4.69, 9.17) is 16.6 Å². The first-order valence-electron chi connectivity index (χ1n) is 8.37. The van der Waals surface area contributed by atoms with Crippen LogP contribution in [0.25, 0.3) is 0 Å². The molecule has 5 atom stereocenters. The fraction of sp³-hybridized carbons (Fsp3) is 0.667. The van der Waals surface area contributed by atoms with Crippen LogP contribution < -0.4 is 27.4 Å². The van der Waals surface area contributed by atoms with E-state index in [2.05, 4.69) is 16.0 Å². The lowest BCUT2D eigenvalue weighted by Gasteiger charge is -2.23. The number of carboxylic acids is 1. The number of carboxylic acid groups (broad SMARTS) is 1. The number of carbonyl (C=O) groups is 5. The molecule has 13 heteroatoms. The Morgan fingerprint density at radius 3 is 1.89 bits per heavy atom. The molecule has 5 unspecified atom stereocenters. The first kappa shape index (κ1) is 25.2. The molecule has 0 aliphatic carbocycles. The minimum atomic E-state index is -1.45. The van der Waals surface area contributed by atoms with Gasteiger partial charge in [0.1, 0.15) is 24.2 Å². The van der Waals surface area contributed by atoms with Gasteiger partial charge in [-0.3, -0.25) is 19.2 Å². The Morgan fingerprint density at radius 2 is 1.46 bits per heavy atom.